The van der Waals surface area contributed by atoms with Crippen LogP contribution in [-0.2, 0) is 6.54 Å². The molecular formula is C29H26N4O2. The zero-order valence-electron chi connectivity index (χ0n) is 19.3. The Labute approximate surface area is 203 Å². The Kier molecular flexibility index (Phi) is 5.74. The maximum absolute atomic E-state index is 13.3. The van der Waals surface area contributed by atoms with Gasteiger partial charge in [0.1, 0.15) is 5.52 Å². The summed E-state index contributed by atoms with van der Waals surface area (Å²) in [6.07, 6.45) is 0. The van der Waals surface area contributed by atoms with Gasteiger partial charge in [0.15, 0.2) is 5.58 Å². The van der Waals surface area contributed by atoms with Gasteiger partial charge in [-0.15, -0.1) is 0 Å². The minimum atomic E-state index is -0.162. The predicted molar refractivity (Wildman–Crippen MR) is 139 cm³/mol. The topological polar surface area (TPSA) is 70.4 Å². The summed E-state index contributed by atoms with van der Waals surface area (Å²) in [6.45, 7) is 4.88. The summed E-state index contributed by atoms with van der Waals surface area (Å²) in [6, 6.07) is 27.4. The van der Waals surface area contributed by atoms with Crippen molar-refractivity contribution in [2.75, 3.05) is 31.5 Å². The summed E-state index contributed by atoms with van der Waals surface area (Å²) in [5, 5.41) is 8.44. The molecule has 0 spiro atoms. The summed E-state index contributed by atoms with van der Waals surface area (Å²) in [5.41, 5.74) is 4.83. The number of nitrogens with zero attached hydrogens (tertiary/aromatic N) is 2. The van der Waals surface area contributed by atoms with Gasteiger partial charge in [-0.3, -0.25) is 9.69 Å². The lowest BCUT2D eigenvalue weighted by Gasteiger charge is -2.27. The van der Waals surface area contributed by atoms with Gasteiger partial charge in [0.2, 0.25) is 5.89 Å². The molecule has 0 atom stereocenters. The van der Waals surface area contributed by atoms with Crippen LogP contribution in [0.1, 0.15) is 15.9 Å². The lowest BCUT2D eigenvalue weighted by atomic mass is 10.0. The number of nitrogens with one attached hydrogen (secondary N) is 2. The van der Waals surface area contributed by atoms with Gasteiger partial charge in [-0.25, -0.2) is 4.98 Å². The van der Waals surface area contributed by atoms with Crippen molar-refractivity contribution < 1.29 is 9.21 Å². The summed E-state index contributed by atoms with van der Waals surface area (Å²) >= 11 is 0. The fourth-order valence-electron chi connectivity index (χ4n) is 4.75. The van der Waals surface area contributed by atoms with Crippen molar-refractivity contribution >= 4 is 33.5 Å². The molecule has 1 fully saturated rings. The molecule has 1 aliphatic rings. The number of para-hydroxylation sites is 2. The van der Waals surface area contributed by atoms with E-state index in [9.17, 15) is 4.79 Å². The number of oxazole rings is 1. The molecule has 0 radical (unpaired) electrons. The second-order valence-corrected chi connectivity index (χ2v) is 8.84. The van der Waals surface area contributed by atoms with Crippen molar-refractivity contribution in [3.63, 3.8) is 0 Å². The zero-order valence-corrected chi connectivity index (χ0v) is 19.3. The second-order valence-electron chi connectivity index (χ2n) is 8.84. The first-order valence-corrected chi connectivity index (χ1v) is 12.0. The standard InChI is InChI=1S/C29H26N4O2/c34-28(23-12-5-8-20-7-1-2-10-22(20)23)31-25-13-4-3-11-24(25)29-32-27-21(9-6-14-26(27)35-29)19-33-17-15-30-16-18-33/h1-14,30H,15-19H2,(H,31,34). The Bertz CT molecular complexity index is 1510. The van der Waals surface area contributed by atoms with Gasteiger partial charge in [-0.1, -0.05) is 60.7 Å². The minimum absolute atomic E-state index is 0.162. The molecule has 1 aliphatic heterocycles. The second kappa shape index (κ2) is 9.33. The SMILES string of the molecule is O=C(Nc1ccccc1-c1nc2c(CN3CCNCC3)cccc2o1)c1cccc2ccccc12. The van der Waals surface area contributed by atoms with E-state index in [-0.39, 0.29) is 5.91 Å². The zero-order chi connectivity index (χ0) is 23.6. The molecule has 0 bridgehead atoms. The Morgan fingerprint density at radius 1 is 0.914 bits per heavy atom. The van der Waals surface area contributed by atoms with Crippen LogP contribution in [0.15, 0.2) is 89.3 Å². The number of anilines is 1. The highest BCUT2D eigenvalue weighted by Crippen LogP contribution is 2.32. The summed E-state index contributed by atoms with van der Waals surface area (Å²) < 4.78 is 6.19. The van der Waals surface area contributed by atoms with Crippen LogP contribution in [0.2, 0.25) is 0 Å². The average Bonchev–Trinajstić information content (AvgIpc) is 3.34. The highest BCUT2D eigenvalue weighted by Gasteiger charge is 2.18. The normalized spacial score (nSPS) is 14.4. The third-order valence-corrected chi connectivity index (χ3v) is 6.55. The van der Waals surface area contributed by atoms with Crippen LogP contribution < -0.4 is 10.6 Å². The third-order valence-electron chi connectivity index (χ3n) is 6.55. The Hall–Kier alpha value is -4.00. The fraction of sp³-hybridized carbons (Fsp3) is 0.172. The van der Waals surface area contributed by atoms with Crippen molar-refractivity contribution in [1.29, 1.82) is 0 Å². The molecular weight excluding hydrogens is 436 g/mol. The van der Waals surface area contributed by atoms with Gasteiger partial charge in [0.25, 0.3) is 5.91 Å². The van der Waals surface area contributed by atoms with Gasteiger partial charge in [0, 0.05) is 38.3 Å². The number of hydrogen-bond donors (Lipinski definition) is 2. The monoisotopic (exact) mass is 462 g/mol. The van der Waals surface area contributed by atoms with Crippen molar-refractivity contribution in [1.82, 2.24) is 15.2 Å². The lowest BCUT2D eigenvalue weighted by molar-refractivity contribution is 0.102. The number of aromatic nitrogens is 1. The first-order valence-electron chi connectivity index (χ1n) is 12.0. The van der Waals surface area contributed by atoms with Gasteiger partial charge < -0.3 is 15.1 Å². The van der Waals surface area contributed by atoms with Gasteiger partial charge in [-0.2, -0.15) is 0 Å². The number of benzene rings is 4. The van der Waals surface area contributed by atoms with E-state index in [0.717, 1.165) is 65.7 Å². The van der Waals surface area contributed by atoms with Gasteiger partial charge >= 0.3 is 0 Å². The molecule has 1 saturated heterocycles. The first-order chi connectivity index (χ1) is 17.3. The number of carbonyl (C=O) groups is 1. The van der Waals surface area contributed by atoms with E-state index in [2.05, 4.69) is 21.6 Å². The van der Waals surface area contributed by atoms with E-state index >= 15 is 0 Å². The molecule has 6 nitrogen and oxygen atoms in total. The minimum Gasteiger partial charge on any atom is -0.436 e. The maximum Gasteiger partial charge on any atom is 0.256 e. The van der Waals surface area contributed by atoms with Crippen molar-refractivity contribution in [2.45, 2.75) is 6.54 Å². The third kappa shape index (κ3) is 4.30. The van der Waals surface area contributed by atoms with Crippen molar-refractivity contribution in [2.24, 2.45) is 0 Å². The quantitative estimate of drug-likeness (QED) is 0.371. The predicted octanol–water partition coefficient (Wildman–Crippen LogP) is 5.31. The van der Waals surface area contributed by atoms with Gasteiger partial charge in [-0.05, 0) is 40.6 Å². The van der Waals surface area contributed by atoms with Gasteiger partial charge in [0.05, 0.1) is 11.3 Å². The average molecular weight is 463 g/mol. The molecule has 2 N–H and O–H groups in total. The maximum atomic E-state index is 13.3. The first kappa shape index (κ1) is 21.5. The molecule has 6 rings (SSSR count). The smallest absolute Gasteiger partial charge is 0.256 e. The summed E-state index contributed by atoms with van der Waals surface area (Å²) in [5.74, 6) is 0.339. The van der Waals surface area contributed by atoms with Crippen LogP contribution in [0.4, 0.5) is 5.69 Å². The highest BCUT2D eigenvalue weighted by molar-refractivity contribution is 6.13. The van der Waals surface area contributed by atoms with E-state index in [1.54, 1.807) is 0 Å². The van der Waals surface area contributed by atoms with E-state index < -0.39 is 0 Å². The number of amides is 1. The fourth-order valence-corrected chi connectivity index (χ4v) is 4.75. The van der Waals surface area contributed by atoms with Crippen LogP contribution in [0.25, 0.3) is 33.3 Å². The molecule has 0 aliphatic carbocycles. The number of carbonyl (C=O) groups excluding carboxylic acids is 1. The van der Waals surface area contributed by atoms with E-state index in [1.807, 2.05) is 78.9 Å². The molecule has 1 aromatic heterocycles. The number of hydrogen-bond acceptors (Lipinski definition) is 5. The Morgan fingerprint density at radius 3 is 2.60 bits per heavy atom. The van der Waals surface area contributed by atoms with Crippen LogP contribution in [0.5, 0.6) is 0 Å². The highest BCUT2D eigenvalue weighted by atomic mass is 16.3. The molecule has 174 valence electrons. The van der Waals surface area contributed by atoms with Crippen LogP contribution >= 0.6 is 0 Å². The van der Waals surface area contributed by atoms with E-state index in [4.69, 9.17) is 9.40 Å². The van der Waals surface area contributed by atoms with E-state index in [0.29, 0.717) is 17.1 Å². The molecule has 5 aromatic rings. The molecule has 6 heteroatoms. The Morgan fingerprint density at radius 2 is 1.69 bits per heavy atom. The largest absolute Gasteiger partial charge is 0.436 e. The number of fused-ring (bicyclic) bond motifs is 2. The molecule has 0 unspecified atom stereocenters. The van der Waals surface area contributed by atoms with E-state index in [1.165, 1.54) is 0 Å². The summed E-state index contributed by atoms with van der Waals surface area (Å²) in [4.78, 5) is 20.6. The van der Waals surface area contributed by atoms with Crippen LogP contribution in [0, 0.1) is 0 Å². The molecule has 4 aromatic carbocycles. The lowest BCUT2D eigenvalue weighted by Crippen LogP contribution is -2.42. The van der Waals surface area contributed by atoms with Crippen LogP contribution in [-0.4, -0.2) is 42.0 Å². The number of rotatable bonds is 5. The number of piperazine rings is 1. The summed E-state index contributed by atoms with van der Waals surface area (Å²) in [7, 11) is 0. The molecule has 2 heterocycles. The molecule has 35 heavy (non-hydrogen) atoms. The molecule has 1 amide bonds. The molecule has 0 saturated carbocycles. The van der Waals surface area contributed by atoms with Crippen molar-refractivity contribution in [3.8, 4) is 11.5 Å². The van der Waals surface area contributed by atoms with Crippen molar-refractivity contribution in [3.05, 3.63) is 96.1 Å². The Balaban J connectivity index is 1.33. The van der Waals surface area contributed by atoms with Crippen LogP contribution in [0.3, 0.4) is 0 Å².